The number of aryl methyl sites for hydroxylation is 1. The van der Waals surface area contributed by atoms with Crippen LogP contribution in [-0.2, 0) is 5.60 Å². The second kappa shape index (κ2) is 4.23. The van der Waals surface area contributed by atoms with Crippen LogP contribution in [0.5, 0.6) is 5.75 Å². The Hall–Kier alpha value is -1.02. The highest BCUT2D eigenvalue weighted by Crippen LogP contribution is 2.35. The summed E-state index contributed by atoms with van der Waals surface area (Å²) in [6.07, 6.45) is 0.672. The van der Waals surface area contributed by atoms with Crippen LogP contribution >= 0.6 is 0 Å². The van der Waals surface area contributed by atoms with Gasteiger partial charge in [-0.05, 0) is 38.3 Å². The Morgan fingerprint density at radius 2 is 1.93 bits per heavy atom. The van der Waals surface area contributed by atoms with Crippen LogP contribution in [-0.4, -0.2) is 12.2 Å². The van der Waals surface area contributed by atoms with E-state index in [0.29, 0.717) is 6.42 Å². The number of hydrogen-bond donors (Lipinski definition) is 1. The zero-order valence-electron chi connectivity index (χ0n) is 10.2. The third kappa shape index (κ3) is 2.15. The minimum Gasteiger partial charge on any atom is -0.496 e. The summed E-state index contributed by atoms with van der Waals surface area (Å²) in [5.74, 6) is 0.807. The maximum absolute atomic E-state index is 10.2. The van der Waals surface area contributed by atoms with Gasteiger partial charge >= 0.3 is 0 Å². The normalized spacial score (nSPS) is 14.8. The lowest BCUT2D eigenvalue weighted by atomic mass is 9.89. The maximum atomic E-state index is 10.2. The third-order valence-corrected chi connectivity index (χ3v) is 3.15. The first-order valence-electron chi connectivity index (χ1n) is 5.31. The molecule has 0 saturated heterocycles. The number of ether oxygens (including phenoxy) is 1. The number of aliphatic hydroxyl groups is 1. The van der Waals surface area contributed by atoms with E-state index in [-0.39, 0.29) is 0 Å². The molecular formula is C13H20O2. The van der Waals surface area contributed by atoms with Gasteiger partial charge in [0, 0.05) is 5.56 Å². The molecule has 1 rings (SSSR count). The summed E-state index contributed by atoms with van der Waals surface area (Å²) in [4.78, 5) is 0. The van der Waals surface area contributed by atoms with Gasteiger partial charge in [0.15, 0.2) is 0 Å². The van der Waals surface area contributed by atoms with Gasteiger partial charge in [-0.1, -0.05) is 19.1 Å². The molecule has 0 amide bonds. The van der Waals surface area contributed by atoms with E-state index in [1.165, 1.54) is 5.56 Å². The number of rotatable bonds is 3. The Bertz CT molecular complexity index is 354. The second-order valence-electron chi connectivity index (χ2n) is 4.22. The Labute approximate surface area is 91.9 Å². The Kier molecular flexibility index (Phi) is 3.40. The number of hydrogen-bond acceptors (Lipinski definition) is 2. The highest BCUT2D eigenvalue weighted by atomic mass is 16.5. The lowest BCUT2D eigenvalue weighted by molar-refractivity contribution is 0.0503. The molecule has 0 aliphatic heterocycles. The van der Waals surface area contributed by atoms with Crippen LogP contribution in [0.25, 0.3) is 0 Å². The van der Waals surface area contributed by atoms with E-state index in [9.17, 15) is 5.11 Å². The van der Waals surface area contributed by atoms with Gasteiger partial charge in [0.1, 0.15) is 5.75 Å². The monoisotopic (exact) mass is 208 g/mol. The van der Waals surface area contributed by atoms with E-state index >= 15 is 0 Å². The zero-order chi connectivity index (χ0) is 11.6. The predicted molar refractivity (Wildman–Crippen MR) is 62.3 cm³/mol. The van der Waals surface area contributed by atoms with E-state index in [1.807, 2.05) is 39.8 Å². The van der Waals surface area contributed by atoms with E-state index < -0.39 is 5.60 Å². The van der Waals surface area contributed by atoms with Crippen molar-refractivity contribution in [2.45, 2.75) is 39.7 Å². The van der Waals surface area contributed by atoms with Gasteiger partial charge in [0.05, 0.1) is 12.7 Å². The van der Waals surface area contributed by atoms with Crippen molar-refractivity contribution in [3.05, 3.63) is 28.8 Å². The van der Waals surface area contributed by atoms with Crippen LogP contribution in [0.2, 0.25) is 0 Å². The van der Waals surface area contributed by atoms with Crippen molar-refractivity contribution in [2.24, 2.45) is 0 Å². The maximum Gasteiger partial charge on any atom is 0.128 e. The molecule has 2 nitrogen and oxygen atoms in total. The summed E-state index contributed by atoms with van der Waals surface area (Å²) >= 11 is 0. The van der Waals surface area contributed by atoms with Crippen molar-refractivity contribution in [3.63, 3.8) is 0 Å². The molecule has 1 aromatic carbocycles. The van der Waals surface area contributed by atoms with Gasteiger partial charge in [-0.25, -0.2) is 0 Å². The van der Waals surface area contributed by atoms with Crippen LogP contribution in [0.1, 0.15) is 37.0 Å². The highest BCUT2D eigenvalue weighted by Gasteiger charge is 2.25. The first-order chi connectivity index (χ1) is 6.94. The highest BCUT2D eigenvalue weighted by molar-refractivity contribution is 5.47. The van der Waals surface area contributed by atoms with Gasteiger partial charge in [0.25, 0.3) is 0 Å². The van der Waals surface area contributed by atoms with Crippen molar-refractivity contribution < 1.29 is 9.84 Å². The summed E-state index contributed by atoms with van der Waals surface area (Å²) in [6, 6.07) is 3.97. The van der Waals surface area contributed by atoms with Crippen molar-refractivity contribution in [1.29, 1.82) is 0 Å². The third-order valence-electron chi connectivity index (χ3n) is 3.15. The molecule has 84 valence electrons. The fourth-order valence-electron chi connectivity index (χ4n) is 1.67. The second-order valence-corrected chi connectivity index (χ2v) is 4.22. The minimum atomic E-state index is -0.816. The zero-order valence-corrected chi connectivity index (χ0v) is 10.2. The summed E-state index contributed by atoms with van der Waals surface area (Å²) in [5, 5.41) is 10.2. The molecular weight excluding hydrogens is 188 g/mol. The van der Waals surface area contributed by atoms with E-state index in [2.05, 4.69) is 0 Å². The van der Waals surface area contributed by atoms with Gasteiger partial charge in [0.2, 0.25) is 0 Å². The van der Waals surface area contributed by atoms with Crippen LogP contribution < -0.4 is 4.74 Å². The Balaban J connectivity index is 3.37. The summed E-state index contributed by atoms with van der Waals surface area (Å²) < 4.78 is 5.39. The molecule has 0 heterocycles. The molecule has 0 aliphatic carbocycles. The number of methoxy groups -OCH3 is 1. The first-order valence-corrected chi connectivity index (χ1v) is 5.31. The first kappa shape index (κ1) is 12.1. The lowest BCUT2D eigenvalue weighted by Crippen LogP contribution is -2.21. The fourth-order valence-corrected chi connectivity index (χ4v) is 1.67. The molecule has 0 aliphatic rings. The smallest absolute Gasteiger partial charge is 0.128 e. The summed E-state index contributed by atoms with van der Waals surface area (Å²) in [6.45, 7) is 7.85. The van der Waals surface area contributed by atoms with Gasteiger partial charge in [-0.2, -0.15) is 0 Å². The van der Waals surface area contributed by atoms with Gasteiger partial charge in [-0.15, -0.1) is 0 Å². The summed E-state index contributed by atoms with van der Waals surface area (Å²) in [7, 11) is 1.65. The largest absolute Gasteiger partial charge is 0.496 e. The lowest BCUT2D eigenvalue weighted by Gasteiger charge is -2.25. The summed E-state index contributed by atoms with van der Waals surface area (Å²) in [5.41, 5.74) is 2.34. The van der Waals surface area contributed by atoms with Crippen LogP contribution in [0.3, 0.4) is 0 Å². The molecule has 15 heavy (non-hydrogen) atoms. The molecule has 0 aromatic heterocycles. The molecule has 1 aromatic rings. The SMILES string of the molecule is CCC(C)(O)c1ccc(C)c(C)c1OC. The van der Waals surface area contributed by atoms with Crippen LogP contribution in [0.4, 0.5) is 0 Å². The quantitative estimate of drug-likeness (QED) is 0.827. The van der Waals surface area contributed by atoms with Gasteiger partial charge < -0.3 is 9.84 Å². The van der Waals surface area contributed by atoms with E-state index in [4.69, 9.17) is 4.74 Å². The predicted octanol–water partition coefficient (Wildman–Crippen LogP) is 2.93. The minimum absolute atomic E-state index is 0.672. The molecule has 0 fully saturated rings. The van der Waals surface area contributed by atoms with E-state index in [0.717, 1.165) is 16.9 Å². The molecule has 1 unspecified atom stereocenters. The van der Waals surface area contributed by atoms with Gasteiger partial charge in [-0.3, -0.25) is 0 Å². The molecule has 2 heteroatoms. The Morgan fingerprint density at radius 1 is 1.33 bits per heavy atom. The molecule has 0 saturated carbocycles. The van der Waals surface area contributed by atoms with Crippen LogP contribution in [0.15, 0.2) is 12.1 Å². The van der Waals surface area contributed by atoms with Crippen LogP contribution in [0, 0.1) is 13.8 Å². The van der Waals surface area contributed by atoms with Crippen molar-refractivity contribution in [2.75, 3.05) is 7.11 Å². The Morgan fingerprint density at radius 3 is 2.40 bits per heavy atom. The molecule has 1 atom stereocenters. The molecule has 0 spiro atoms. The number of benzene rings is 1. The average molecular weight is 208 g/mol. The van der Waals surface area contributed by atoms with Crippen molar-refractivity contribution >= 4 is 0 Å². The van der Waals surface area contributed by atoms with Crippen molar-refractivity contribution in [3.8, 4) is 5.75 Å². The molecule has 1 N–H and O–H groups in total. The molecule has 0 radical (unpaired) electrons. The standard InChI is InChI=1S/C13H20O2/c1-6-13(4,14)11-8-7-9(2)10(3)12(11)15-5/h7-8,14H,6H2,1-5H3. The average Bonchev–Trinajstić information content (AvgIpc) is 2.21. The fraction of sp³-hybridized carbons (Fsp3) is 0.538. The van der Waals surface area contributed by atoms with Crippen molar-refractivity contribution in [1.82, 2.24) is 0 Å². The topological polar surface area (TPSA) is 29.5 Å². The van der Waals surface area contributed by atoms with E-state index in [1.54, 1.807) is 7.11 Å². The molecule has 0 bridgehead atoms.